The summed E-state index contributed by atoms with van der Waals surface area (Å²) in [6, 6.07) is 76.1. The lowest BCUT2D eigenvalue weighted by Gasteiger charge is -2.39. The predicted molar refractivity (Wildman–Crippen MR) is 224 cm³/mol. The highest BCUT2D eigenvalue weighted by atomic mass is 15.1. The van der Waals surface area contributed by atoms with E-state index in [4.69, 9.17) is 10.7 Å². The molecule has 1 aromatic heterocycles. The Morgan fingerprint density at radius 1 is 0.389 bits per heavy atom. The van der Waals surface area contributed by atoms with Gasteiger partial charge in [-0.15, -0.1) is 0 Å². The van der Waals surface area contributed by atoms with Gasteiger partial charge >= 0.3 is 0 Å². The maximum Gasteiger partial charge on any atom is 0.153 e. The Morgan fingerprint density at radius 3 is 1.02 bits per heavy atom. The fraction of sp³-hybridized carbons (Fsp3) is 0.0600. The van der Waals surface area contributed by atoms with Crippen molar-refractivity contribution in [3.05, 3.63) is 263 Å². The third-order valence-corrected chi connectivity index (χ3v) is 10.2. The van der Waals surface area contributed by atoms with Crippen molar-refractivity contribution < 1.29 is 0 Å². The molecule has 0 unspecified atom stereocenters. The number of nitrogens with zero attached hydrogens (tertiary/aromatic N) is 1. The number of benzene rings is 7. The third-order valence-electron chi connectivity index (χ3n) is 10.2. The molecular weight excluding hydrogens is 657 g/mol. The molecule has 0 amide bonds. The summed E-state index contributed by atoms with van der Waals surface area (Å²) in [5, 5.41) is 8.04. The van der Waals surface area contributed by atoms with Gasteiger partial charge in [0, 0.05) is 0 Å². The molecule has 0 aliphatic rings. The van der Waals surface area contributed by atoms with E-state index in [9.17, 15) is 0 Å². The predicted octanol–water partition coefficient (Wildman–Crippen LogP) is 11.1. The number of hydrogen-bond acceptors (Lipinski definition) is 4. The van der Waals surface area contributed by atoms with Gasteiger partial charge in [0.2, 0.25) is 0 Å². The Bertz CT molecular complexity index is 2190. The summed E-state index contributed by atoms with van der Waals surface area (Å²) >= 11 is 0. The molecule has 7 aromatic carbocycles. The van der Waals surface area contributed by atoms with Crippen LogP contribution in [-0.2, 0) is 17.5 Å². The number of nitrogen functional groups attached to an aromatic ring is 1. The van der Waals surface area contributed by atoms with E-state index in [-0.39, 0.29) is 0 Å². The van der Waals surface area contributed by atoms with Gasteiger partial charge < -0.3 is 16.4 Å². The van der Waals surface area contributed by atoms with Crippen molar-refractivity contribution in [2.45, 2.75) is 17.5 Å². The molecule has 0 saturated heterocycles. The Balaban J connectivity index is 1.38. The molecule has 262 valence electrons. The molecule has 0 atom stereocenters. The Labute approximate surface area is 318 Å². The molecule has 0 aliphatic heterocycles. The first-order valence-electron chi connectivity index (χ1n) is 18.4. The molecule has 1 heterocycles. The average Bonchev–Trinajstić information content (AvgIpc) is 3.25. The van der Waals surface area contributed by atoms with Crippen molar-refractivity contribution in [3.8, 4) is 0 Å². The lowest BCUT2D eigenvalue weighted by Crippen LogP contribution is -2.40. The summed E-state index contributed by atoms with van der Waals surface area (Å²) in [6.45, 7) is 0. The highest BCUT2D eigenvalue weighted by molar-refractivity contribution is 5.74. The quantitative estimate of drug-likeness (QED) is 0.111. The molecule has 0 aliphatic carbocycles. The second kappa shape index (κ2) is 15.4. The summed E-state index contributed by atoms with van der Waals surface area (Å²) in [7, 11) is 0. The zero-order chi connectivity index (χ0) is 36.6. The second-order valence-electron chi connectivity index (χ2n) is 13.5. The van der Waals surface area contributed by atoms with Gasteiger partial charge in [-0.3, -0.25) is 0 Å². The molecular formula is C50H42N4. The van der Waals surface area contributed by atoms with Gasteiger partial charge in [0.25, 0.3) is 0 Å². The number of anilines is 3. The van der Waals surface area contributed by atoms with Gasteiger partial charge in [0.05, 0.1) is 5.69 Å². The van der Waals surface area contributed by atoms with E-state index in [1.165, 1.54) is 0 Å². The second-order valence-corrected chi connectivity index (χ2v) is 13.5. The molecule has 0 spiro atoms. The minimum atomic E-state index is -0.830. The van der Waals surface area contributed by atoms with Crippen molar-refractivity contribution in [3.63, 3.8) is 0 Å². The summed E-state index contributed by atoms with van der Waals surface area (Å²) in [5.41, 5.74) is 14.9. The lowest BCUT2D eigenvalue weighted by molar-refractivity contribution is 0.698. The van der Waals surface area contributed by atoms with Gasteiger partial charge in [-0.25, -0.2) is 4.98 Å². The molecule has 0 saturated carbocycles. The normalized spacial score (nSPS) is 11.5. The first kappa shape index (κ1) is 34.2. The lowest BCUT2D eigenvalue weighted by atomic mass is 9.76. The van der Waals surface area contributed by atoms with Crippen LogP contribution in [0.4, 0.5) is 17.3 Å². The molecule has 4 heteroatoms. The highest BCUT2D eigenvalue weighted by Gasteiger charge is 2.39. The first-order chi connectivity index (χ1) is 26.7. The smallest absolute Gasteiger partial charge is 0.153 e. The van der Waals surface area contributed by atoms with Crippen LogP contribution in [0.5, 0.6) is 0 Å². The molecule has 8 aromatic rings. The molecule has 54 heavy (non-hydrogen) atoms. The maximum absolute atomic E-state index is 7.29. The van der Waals surface area contributed by atoms with Gasteiger partial charge in [-0.05, 0) is 57.0 Å². The molecule has 4 nitrogen and oxygen atoms in total. The Kier molecular flexibility index (Phi) is 9.73. The van der Waals surface area contributed by atoms with Crippen LogP contribution in [0.3, 0.4) is 0 Å². The Morgan fingerprint density at radius 2 is 0.685 bits per heavy atom. The van der Waals surface area contributed by atoms with Crippen LogP contribution >= 0.6 is 0 Å². The van der Waals surface area contributed by atoms with E-state index in [0.717, 1.165) is 44.5 Å². The largest absolute Gasteiger partial charge is 0.396 e. The number of nitrogens with two attached hydrogens (primary N) is 1. The van der Waals surface area contributed by atoms with E-state index < -0.39 is 11.1 Å². The van der Waals surface area contributed by atoms with Gasteiger partial charge in [0.15, 0.2) is 5.82 Å². The zero-order valence-corrected chi connectivity index (χ0v) is 30.0. The van der Waals surface area contributed by atoms with Crippen LogP contribution in [0.25, 0.3) is 0 Å². The third kappa shape index (κ3) is 6.62. The van der Waals surface area contributed by atoms with Crippen molar-refractivity contribution >= 4 is 17.3 Å². The topological polar surface area (TPSA) is 63.0 Å². The number of hydrogen-bond donors (Lipinski definition) is 3. The van der Waals surface area contributed by atoms with Crippen molar-refractivity contribution in [1.82, 2.24) is 4.98 Å². The SMILES string of the molecule is Nc1c(Cc2ccccc2)cc(NC(c2ccccc2)(c2ccccc2)c2ccccc2)nc1NC(c1ccccc1)(c1ccccc1)c1ccccc1. The van der Waals surface area contributed by atoms with Gasteiger partial charge in [-0.1, -0.05) is 212 Å². The molecule has 4 N–H and O–H groups in total. The van der Waals surface area contributed by atoms with E-state index >= 15 is 0 Å². The fourth-order valence-corrected chi connectivity index (χ4v) is 7.66. The van der Waals surface area contributed by atoms with E-state index in [2.05, 4.69) is 223 Å². The summed E-state index contributed by atoms with van der Waals surface area (Å²) in [6.07, 6.45) is 0.628. The van der Waals surface area contributed by atoms with Crippen LogP contribution in [0.2, 0.25) is 0 Å². The van der Waals surface area contributed by atoms with Gasteiger partial charge in [-0.2, -0.15) is 0 Å². The molecule has 0 radical (unpaired) electrons. The van der Waals surface area contributed by atoms with Crippen LogP contribution in [0.1, 0.15) is 44.5 Å². The summed E-state index contributed by atoms with van der Waals surface area (Å²) < 4.78 is 0. The fourth-order valence-electron chi connectivity index (χ4n) is 7.66. The standard InChI is InChI=1S/C50H42N4/c51-47-39(36-38-22-8-1-9-23-38)37-46(53-49(40-24-10-2-11-25-40,41-26-12-3-13-27-41)42-28-14-4-15-29-42)52-48(47)54-50(43-30-16-5-17-31-43,44-32-18-6-19-33-44)45-34-20-7-21-35-45/h1-35,37H,36,51H2,(H2,52,53,54). The zero-order valence-electron chi connectivity index (χ0n) is 30.0. The van der Waals surface area contributed by atoms with Crippen LogP contribution in [0, 0.1) is 0 Å². The average molecular weight is 699 g/mol. The van der Waals surface area contributed by atoms with Crippen LogP contribution in [-0.4, -0.2) is 4.98 Å². The van der Waals surface area contributed by atoms with Crippen molar-refractivity contribution in [2.75, 3.05) is 16.4 Å². The number of rotatable bonds is 12. The minimum Gasteiger partial charge on any atom is -0.396 e. The van der Waals surface area contributed by atoms with Crippen LogP contribution in [0.15, 0.2) is 218 Å². The minimum absolute atomic E-state index is 0.588. The van der Waals surface area contributed by atoms with E-state index in [1.54, 1.807) is 0 Å². The van der Waals surface area contributed by atoms with Crippen molar-refractivity contribution in [1.29, 1.82) is 0 Å². The van der Waals surface area contributed by atoms with Crippen molar-refractivity contribution in [2.24, 2.45) is 0 Å². The number of nitrogens with one attached hydrogen (secondary N) is 2. The van der Waals surface area contributed by atoms with E-state index in [0.29, 0.717) is 23.7 Å². The van der Waals surface area contributed by atoms with Gasteiger partial charge in [0.1, 0.15) is 16.9 Å². The van der Waals surface area contributed by atoms with E-state index in [1.807, 2.05) is 6.07 Å². The first-order valence-corrected chi connectivity index (χ1v) is 18.4. The Hall–Kier alpha value is -6.91. The number of pyridine rings is 1. The number of aromatic nitrogens is 1. The summed E-state index contributed by atoms with van der Waals surface area (Å²) in [5.74, 6) is 1.28. The summed E-state index contributed by atoms with van der Waals surface area (Å²) in [4.78, 5) is 5.45. The van der Waals surface area contributed by atoms with Crippen LogP contribution < -0.4 is 16.4 Å². The highest BCUT2D eigenvalue weighted by Crippen LogP contribution is 2.44. The molecule has 8 rings (SSSR count). The molecule has 0 bridgehead atoms. The molecule has 0 fully saturated rings. The monoisotopic (exact) mass is 698 g/mol. The maximum atomic E-state index is 7.29.